The normalized spacial score (nSPS) is 15.9. The molecule has 0 radical (unpaired) electrons. The SMILES string of the molecule is CC(C)NC(=O)N1Cc2nccn2CC(COc2cccnc2)C1.O=C(O)C(F)(F)F. The van der Waals surface area contributed by atoms with Gasteiger partial charge in [0, 0.05) is 43.6 Å². The number of pyridine rings is 1. The number of fused-ring (bicyclic) bond motifs is 1. The van der Waals surface area contributed by atoms with Crippen molar-refractivity contribution in [2.45, 2.75) is 39.2 Å². The molecule has 3 heterocycles. The van der Waals surface area contributed by atoms with Crippen LogP contribution < -0.4 is 10.1 Å². The van der Waals surface area contributed by atoms with Gasteiger partial charge in [-0.25, -0.2) is 14.6 Å². The lowest BCUT2D eigenvalue weighted by molar-refractivity contribution is -0.192. The third-order valence-corrected chi connectivity index (χ3v) is 4.13. The van der Waals surface area contributed by atoms with Crippen LogP contribution in [0.25, 0.3) is 0 Å². The number of carbonyl (C=O) groups excluding carboxylic acids is 1. The first-order chi connectivity index (χ1) is 14.6. The van der Waals surface area contributed by atoms with Gasteiger partial charge in [0.2, 0.25) is 0 Å². The number of urea groups is 1. The third kappa shape index (κ3) is 7.79. The molecule has 31 heavy (non-hydrogen) atoms. The molecule has 0 aliphatic carbocycles. The van der Waals surface area contributed by atoms with Crippen LogP contribution in [0.15, 0.2) is 36.9 Å². The van der Waals surface area contributed by atoms with E-state index in [1.54, 1.807) is 18.6 Å². The van der Waals surface area contributed by atoms with E-state index in [1.807, 2.05) is 37.1 Å². The number of imidazole rings is 1. The van der Waals surface area contributed by atoms with E-state index < -0.39 is 12.1 Å². The van der Waals surface area contributed by atoms with Crippen molar-refractivity contribution in [3.63, 3.8) is 0 Å². The van der Waals surface area contributed by atoms with Crippen molar-refractivity contribution < 1.29 is 32.6 Å². The number of aliphatic carboxylic acids is 1. The minimum atomic E-state index is -5.08. The van der Waals surface area contributed by atoms with Gasteiger partial charge in [-0.3, -0.25) is 4.98 Å². The monoisotopic (exact) mass is 443 g/mol. The summed E-state index contributed by atoms with van der Waals surface area (Å²) in [6.45, 7) is 6.35. The molecule has 2 amide bonds. The van der Waals surface area contributed by atoms with E-state index in [0.29, 0.717) is 19.7 Å². The number of hydrogen-bond donors (Lipinski definition) is 2. The summed E-state index contributed by atoms with van der Waals surface area (Å²) in [6, 6.07) is 3.77. The Balaban J connectivity index is 0.000000423. The van der Waals surface area contributed by atoms with Gasteiger partial charge in [0.15, 0.2) is 0 Å². The van der Waals surface area contributed by atoms with Gasteiger partial charge in [-0.1, -0.05) is 0 Å². The lowest BCUT2D eigenvalue weighted by Crippen LogP contribution is -2.44. The van der Waals surface area contributed by atoms with Crippen LogP contribution in [0.4, 0.5) is 18.0 Å². The van der Waals surface area contributed by atoms with E-state index in [1.165, 1.54) is 0 Å². The maximum absolute atomic E-state index is 12.4. The fourth-order valence-electron chi connectivity index (χ4n) is 2.79. The van der Waals surface area contributed by atoms with Crippen LogP contribution in [0.2, 0.25) is 0 Å². The molecule has 9 nitrogen and oxygen atoms in total. The summed E-state index contributed by atoms with van der Waals surface area (Å²) in [7, 11) is 0. The minimum Gasteiger partial charge on any atom is -0.492 e. The predicted octanol–water partition coefficient (Wildman–Crippen LogP) is 2.54. The second kappa shape index (κ2) is 10.6. The van der Waals surface area contributed by atoms with E-state index in [-0.39, 0.29) is 18.0 Å². The number of halogens is 3. The zero-order valence-corrected chi connectivity index (χ0v) is 17.0. The van der Waals surface area contributed by atoms with E-state index >= 15 is 0 Å². The van der Waals surface area contributed by atoms with Crippen LogP contribution in [-0.4, -0.2) is 61.9 Å². The van der Waals surface area contributed by atoms with Crippen LogP contribution in [0, 0.1) is 5.92 Å². The molecule has 0 saturated heterocycles. The Bertz CT molecular complexity index is 858. The van der Waals surface area contributed by atoms with Gasteiger partial charge in [-0.15, -0.1) is 0 Å². The number of carbonyl (C=O) groups is 2. The zero-order valence-electron chi connectivity index (χ0n) is 17.0. The van der Waals surface area contributed by atoms with Gasteiger partial charge in [0.1, 0.15) is 11.6 Å². The van der Waals surface area contributed by atoms with Crippen molar-refractivity contribution in [2.24, 2.45) is 5.92 Å². The standard InChI is InChI=1S/C17H23N5O2.C2HF3O2/c1-13(2)20-17(23)22-10-14(9-21-7-6-19-16(21)11-22)12-24-15-4-3-5-18-8-15;3-2(4,5)1(6)7/h3-8,13-14H,9-12H2,1-2H3,(H,20,23);(H,6,7). The highest BCUT2D eigenvalue weighted by molar-refractivity contribution is 5.74. The van der Waals surface area contributed by atoms with Crippen molar-refractivity contribution in [3.05, 3.63) is 42.7 Å². The number of carboxylic acid groups (broad SMARTS) is 1. The van der Waals surface area contributed by atoms with Crippen molar-refractivity contribution in [1.29, 1.82) is 0 Å². The van der Waals surface area contributed by atoms with E-state index in [4.69, 9.17) is 14.6 Å². The van der Waals surface area contributed by atoms with Crippen molar-refractivity contribution in [3.8, 4) is 5.75 Å². The number of ether oxygens (including phenoxy) is 1. The first kappa shape index (κ1) is 24.0. The maximum Gasteiger partial charge on any atom is 0.490 e. The van der Waals surface area contributed by atoms with Gasteiger partial charge in [-0.05, 0) is 26.0 Å². The summed E-state index contributed by atoms with van der Waals surface area (Å²) in [4.78, 5) is 31.6. The van der Waals surface area contributed by atoms with Gasteiger partial charge < -0.3 is 24.6 Å². The number of amides is 2. The smallest absolute Gasteiger partial charge is 0.490 e. The molecule has 2 aromatic rings. The van der Waals surface area contributed by atoms with Crippen molar-refractivity contribution >= 4 is 12.0 Å². The summed E-state index contributed by atoms with van der Waals surface area (Å²) < 4.78 is 39.7. The molecular formula is C19H24F3N5O4. The quantitative estimate of drug-likeness (QED) is 0.752. The molecule has 0 spiro atoms. The van der Waals surface area contributed by atoms with Gasteiger partial charge in [-0.2, -0.15) is 13.2 Å². The summed E-state index contributed by atoms with van der Waals surface area (Å²) in [5.41, 5.74) is 0. The number of carboxylic acids is 1. The van der Waals surface area contributed by atoms with E-state index in [0.717, 1.165) is 18.1 Å². The fraction of sp³-hybridized carbons (Fsp3) is 0.474. The number of nitrogens with zero attached hydrogens (tertiary/aromatic N) is 4. The topological polar surface area (TPSA) is 110 Å². The Morgan fingerprint density at radius 2 is 2.03 bits per heavy atom. The fourth-order valence-corrected chi connectivity index (χ4v) is 2.79. The highest BCUT2D eigenvalue weighted by Crippen LogP contribution is 2.17. The van der Waals surface area contributed by atoms with Crippen molar-refractivity contribution in [1.82, 2.24) is 24.8 Å². The maximum atomic E-state index is 12.4. The average Bonchev–Trinajstić information content (AvgIpc) is 3.04. The lowest BCUT2D eigenvalue weighted by atomic mass is 10.1. The molecule has 1 aliphatic heterocycles. The molecule has 0 fully saturated rings. The van der Waals surface area contributed by atoms with E-state index in [9.17, 15) is 18.0 Å². The Kier molecular flexibility index (Phi) is 8.22. The molecule has 0 bridgehead atoms. The molecule has 170 valence electrons. The van der Waals surface area contributed by atoms with Crippen LogP contribution >= 0.6 is 0 Å². The number of alkyl halides is 3. The summed E-state index contributed by atoms with van der Waals surface area (Å²) >= 11 is 0. The van der Waals surface area contributed by atoms with E-state index in [2.05, 4.69) is 19.9 Å². The number of nitrogens with one attached hydrogen (secondary N) is 1. The Hall–Kier alpha value is -3.31. The first-order valence-electron chi connectivity index (χ1n) is 9.44. The van der Waals surface area contributed by atoms with Crippen molar-refractivity contribution in [2.75, 3.05) is 13.2 Å². The highest BCUT2D eigenvalue weighted by Gasteiger charge is 2.38. The number of hydrogen-bond acceptors (Lipinski definition) is 5. The molecule has 3 rings (SSSR count). The molecule has 1 unspecified atom stereocenters. The Labute approximate surface area is 176 Å². The predicted molar refractivity (Wildman–Crippen MR) is 103 cm³/mol. The lowest BCUT2D eigenvalue weighted by Gasteiger charge is -2.25. The van der Waals surface area contributed by atoms with Crippen LogP contribution in [-0.2, 0) is 17.9 Å². The average molecular weight is 443 g/mol. The van der Waals surface area contributed by atoms with Gasteiger partial charge >= 0.3 is 18.2 Å². The number of rotatable bonds is 4. The molecule has 1 aliphatic rings. The van der Waals surface area contributed by atoms with Crippen LogP contribution in [0.3, 0.4) is 0 Å². The van der Waals surface area contributed by atoms with Crippen LogP contribution in [0.5, 0.6) is 5.75 Å². The molecule has 12 heteroatoms. The second-order valence-corrected chi connectivity index (χ2v) is 7.15. The van der Waals surface area contributed by atoms with Gasteiger partial charge in [0.25, 0.3) is 0 Å². The third-order valence-electron chi connectivity index (χ3n) is 4.13. The Morgan fingerprint density at radius 3 is 2.61 bits per heavy atom. The highest BCUT2D eigenvalue weighted by atomic mass is 19.4. The largest absolute Gasteiger partial charge is 0.492 e. The minimum absolute atomic E-state index is 0.0622. The molecule has 2 aromatic heterocycles. The van der Waals surface area contributed by atoms with Crippen LogP contribution in [0.1, 0.15) is 19.7 Å². The molecule has 2 N–H and O–H groups in total. The zero-order chi connectivity index (χ0) is 23.0. The summed E-state index contributed by atoms with van der Waals surface area (Å²) in [5.74, 6) is -0.936. The Morgan fingerprint density at radius 1 is 1.32 bits per heavy atom. The summed E-state index contributed by atoms with van der Waals surface area (Å²) in [5, 5.41) is 10.1. The molecule has 1 atom stereocenters. The molecule has 0 aromatic carbocycles. The second-order valence-electron chi connectivity index (χ2n) is 7.15. The molecular weight excluding hydrogens is 419 g/mol. The number of aromatic nitrogens is 3. The summed E-state index contributed by atoms with van der Waals surface area (Å²) in [6.07, 6.45) is 2.06. The molecule has 0 saturated carbocycles. The first-order valence-corrected chi connectivity index (χ1v) is 9.44. The van der Waals surface area contributed by atoms with Gasteiger partial charge in [0.05, 0.1) is 19.3 Å².